The third-order valence-electron chi connectivity index (χ3n) is 0.915. The van der Waals surface area contributed by atoms with Crippen LogP contribution in [0, 0.1) is 3.95 Å². The van der Waals surface area contributed by atoms with Gasteiger partial charge in [0.25, 0.3) is 0 Å². The third-order valence-corrected chi connectivity index (χ3v) is 2.06. The number of aromatic nitrogens is 1. The van der Waals surface area contributed by atoms with Crippen molar-refractivity contribution in [3.05, 3.63) is 15.5 Å². The van der Waals surface area contributed by atoms with E-state index in [1.807, 2.05) is 0 Å². The average Bonchev–Trinajstić information content (AvgIpc) is 2.13. The van der Waals surface area contributed by atoms with E-state index in [9.17, 15) is 4.79 Å². The molecule has 0 fully saturated rings. The molecule has 9 heavy (non-hydrogen) atoms. The zero-order valence-electron chi connectivity index (χ0n) is 4.83. The zero-order valence-corrected chi connectivity index (χ0v) is 6.46. The largest absolute Gasteiger partial charge is 0.274 e. The first-order valence-electron chi connectivity index (χ1n) is 2.39. The van der Waals surface area contributed by atoms with Crippen molar-refractivity contribution in [3.8, 4) is 0 Å². The minimum atomic E-state index is -0.0266. The molecule has 0 saturated heterocycles. The number of carbonyl (C=O) groups excluding carboxylic acids is 1. The molecule has 1 aromatic rings. The number of hydrogen-bond donors (Lipinski definition) is 0. The van der Waals surface area contributed by atoms with Gasteiger partial charge >= 0.3 is 0 Å². The molecule has 0 N–H and O–H groups in total. The molecule has 1 heterocycles. The van der Waals surface area contributed by atoms with Crippen LogP contribution in [0.15, 0.2) is 11.6 Å². The molecule has 0 bridgehead atoms. The SMILES string of the molecule is CC(=O)n1ccsc1=S. The summed E-state index contributed by atoms with van der Waals surface area (Å²) in [6.45, 7) is 1.49. The van der Waals surface area contributed by atoms with Gasteiger partial charge in [-0.05, 0) is 12.2 Å². The molecule has 0 spiro atoms. The fourth-order valence-electron chi connectivity index (χ4n) is 0.501. The summed E-state index contributed by atoms with van der Waals surface area (Å²) in [5.41, 5.74) is 0. The Labute approximate surface area is 61.8 Å². The zero-order chi connectivity index (χ0) is 6.85. The number of rotatable bonds is 0. The number of nitrogens with zero attached hydrogens (tertiary/aromatic N) is 1. The first kappa shape index (κ1) is 6.64. The molecule has 48 valence electrons. The molecule has 0 radical (unpaired) electrons. The number of hydrogen-bond acceptors (Lipinski definition) is 3. The van der Waals surface area contributed by atoms with Gasteiger partial charge in [0, 0.05) is 18.5 Å². The number of thiazole rings is 1. The van der Waals surface area contributed by atoms with Crippen molar-refractivity contribution in [3.63, 3.8) is 0 Å². The predicted molar refractivity (Wildman–Crippen MR) is 39.4 cm³/mol. The van der Waals surface area contributed by atoms with Crippen molar-refractivity contribution in [2.24, 2.45) is 0 Å². The minimum Gasteiger partial charge on any atom is -0.274 e. The van der Waals surface area contributed by atoms with Crippen LogP contribution >= 0.6 is 23.6 Å². The summed E-state index contributed by atoms with van der Waals surface area (Å²) in [5, 5.41) is 1.80. The predicted octanol–water partition coefficient (Wildman–Crippen LogP) is 1.94. The minimum absolute atomic E-state index is 0.0266. The summed E-state index contributed by atoms with van der Waals surface area (Å²) in [5.74, 6) is -0.0266. The average molecular weight is 159 g/mol. The lowest BCUT2D eigenvalue weighted by Crippen LogP contribution is -2.01. The van der Waals surface area contributed by atoms with Crippen LogP contribution in [-0.4, -0.2) is 10.5 Å². The molecule has 0 amide bonds. The normalized spacial score (nSPS) is 9.44. The van der Waals surface area contributed by atoms with Crippen molar-refractivity contribution >= 4 is 29.5 Å². The maximum absolute atomic E-state index is 10.6. The molecule has 1 rings (SSSR count). The lowest BCUT2D eigenvalue weighted by molar-refractivity contribution is 0.0936. The quantitative estimate of drug-likeness (QED) is 0.540. The van der Waals surface area contributed by atoms with Gasteiger partial charge in [0.1, 0.15) is 0 Å². The molecule has 0 aromatic carbocycles. The van der Waals surface area contributed by atoms with Gasteiger partial charge in [-0.1, -0.05) is 0 Å². The van der Waals surface area contributed by atoms with E-state index in [0.29, 0.717) is 3.95 Å². The molecule has 0 atom stereocenters. The maximum atomic E-state index is 10.6. The van der Waals surface area contributed by atoms with Crippen molar-refractivity contribution in [1.29, 1.82) is 0 Å². The summed E-state index contributed by atoms with van der Waals surface area (Å²) in [6, 6.07) is 0. The summed E-state index contributed by atoms with van der Waals surface area (Å²) in [7, 11) is 0. The van der Waals surface area contributed by atoms with E-state index in [-0.39, 0.29) is 5.91 Å². The molecule has 0 unspecified atom stereocenters. The standard InChI is InChI=1S/C5H5NOS2/c1-4(7)6-2-3-9-5(6)8/h2-3H,1H3. The van der Waals surface area contributed by atoms with Crippen molar-refractivity contribution < 1.29 is 4.79 Å². The van der Waals surface area contributed by atoms with E-state index >= 15 is 0 Å². The van der Waals surface area contributed by atoms with E-state index in [1.165, 1.54) is 22.8 Å². The Kier molecular flexibility index (Phi) is 1.78. The summed E-state index contributed by atoms with van der Waals surface area (Å²) in [4.78, 5) is 10.6. The second-order valence-electron chi connectivity index (χ2n) is 1.56. The van der Waals surface area contributed by atoms with Gasteiger partial charge in [-0.15, -0.1) is 11.3 Å². The lowest BCUT2D eigenvalue weighted by atomic mass is 10.7. The Bertz CT molecular complexity index is 272. The molecule has 0 aliphatic rings. The summed E-state index contributed by atoms with van der Waals surface area (Å²) >= 11 is 6.21. The Morgan fingerprint density at radius 3 is 2.78 bits per heavy atom. The fraction of sp³-hybridized carbons (Fsp3) is 0.200. The van der Waals surface area contributed by atoms with Crippen LogP contribution in [-0.2, 0) is 0 Å². The molecule has 1 aromatic heterocycles. The maximum Gasteiger partial charge on any atom is 0.229 e. The van der Waals surface area contributed by atoms with Gasteiger partial charge in [-0.25, -0.2) is 0 Å². The van der Waals surface area contributed by atoms with Gasteiger partial charge < -0.3 is 0 Å². The highest BCUT2D eigenvalue weighted by atomic mass is 32.1. The van der Waals surface area contributed by atoms with Crippen molar-refractivity contribution in [2.75, 3.05) is 0 Å². The van der Waals surface area contributed by atoms with Crippen LogP contribution < -0.4 is 0 Å². The van der Waals surface area contributed by atoms with E-state index in [1.54, 1.807) is 11.6 Å². The Balaban J connectivity index is 3.24. The van der Waals surface area contributed by atoms with Gasteiger partial charge in [0.15, 0.2) is 3.95 Å². The van der Waals surface area contributed by atoms with Crippen LogP contribution in [0.1, 0.15) is 11.7 Å². The monoisotopic (exact) mass is 159 g/mol. The molecular weight excluding hydrogens is 154 g/mol. The Morgan fingerprint density at radius 1 is 1.89 bits per heavy atom. The second kappa shape index (κ2) is 2.41. The van der Waals surface area contributed by atoms with Crippen LogP contribution in [0.4, 0.5) is 0 Å². The summed E-state index contributed by atoms with van der Waals surface area (Å²) < 4.78 is 2.06. The van der Waals surface area contributed by atoms with Gasteiger partial charge in [-0.3, -0.25) is 9.36 Å². The molecule has 4 heteroatoms. The van der Waals surface area contributed by atoms with E-state index < -0.39 is 0 Å². The van der Waals surface area contributed by atoms with Crippen LogP contribution in [0.25, 0.3) is 0 Å². The fourth-order valence-corrected chi connectivity index (χ4v) is 1.46. The van der Waals surface area contributed by atoms with Crippen LogP contribution in [0.2, 0.25) is 0 Å². The summed E-state index contributed by atoms with van der Waals surface area (Å²) in [6.07, 6.45) is 1.68. The second-order valence-corrected chi connectivity index (χ2v) is 3.10. The first-order chi connectivity index (χ1) is 4.22. The molecule has 0 aliphatic heterocycles. The van der Waals surface area contributed by atoms with E-state index in [2.05, 4.69) is 0 Å². The Hall–Kier alpha value is -0.480. The molecular formula is C5H5NOS2. The molecule has 0 aliphatic carbocycles. The topological polar surface area (TPSA) is 22.0 Å². The van der Waals surface area contributed by atoms with Gasteiger partial charge in [-0.2, -0.15) is 0 Å². The van der Waals surface area contributed by atoms with Crippen LogP contribution in [0.3, 0.4) is 0 Å². The lowest BCUT2D eigenvalue weighted by Gasteiger charge is -1.89. The van der Waals surface area contributed by atoms with E-state index in [0.717, 1.165) is 0 Å². The highest BCUT2D eigenvalue weighted by molar-refractivity contribution is 7.73. The molecule has 0 saturated carbocycles. The van der Waals surface area contributed by atoms with Crippen molar-refractivity contribution in [2.45, 2.75) is 6.92 Å². The smallest absolute Gasteiger partial charge is 0.229 e. The highest BCUT2D eigenvalue weighted by Crippen LogP contribution is 2.01. The number of carbonyl (C=O) groups is 1. The Morgan fingerprint density at radius 2 is 2.56 bits per heavy atom. The molecule has 2 nitrogen and oxygen atoms in total. The van der Waals surface area contributed by atoms with Gasteiger partial charge in [0.2, 0.25) is 5.91 Å². The third kappa shape index (κ3) is 1.25. The van der Waals surface area contributed by atoms with Crippen LogP contribution in [0.5, 0.6) is 0 Å². The first-order valence-corrected chi connectivity index (χ1v) is 3.67. The highest BCUT2D eigenvalue weighted by Gasteiger charge is 1.95. The van der Waals surface area contributed by atoms with Crippen molar-refractivity contribution in [1.82, 2.24) is 4.57 Å². The van der Waals surface area contributed by atoms with E-state index in [4.69, 9.17) is 12.2 Å². The van der Waals surface area contributed by atoms with Gasteiger partial charge in [0.05, 0.1) is 0 Å².